The molecule has 1 aromatic carbocycles. The number of amides is 2. The van der Waals surface area contributed by atoms with E-state index in [9.17, 15) is 14.4 Å². The predicted molar refractivity (Wildman–Crippen MR) is 94.8 cm³/mol. The van der Waals surface area contributed by atoms with Gasteiger partial charge in [0, 0.05) is 12.1 Å². The van der Waals surface area contributed by atoms with Crippen LogP contribution in [0.4, 0.5) is 15.3 Å². The maximum Gasteiger partial charge on any atom is 0.412 e. The Morgan fingerprint density at radius 2 is 1.76 bits per heavy atom. The Morgan fingerprint density at radius 1 is 1.20 bits per heavy atom. The zero-order valence-electron chi connectivity index (χ0n) is 14.9. The summed E-state index contributed by atoms with van der Waals surface area (Å²) in [6.45, 7) is 10.4. The molecule has 0 bridgehead atoms. The number of carbonyl (C=O) groups is 3. The van der Waals surface area contributed by atoms with Gasteiger partial charge in [-0.1, -0.05) is 18.7 Å². The highest BCUT2D eigenvalue weighted by Gasteiger charge is 2.21. The fourth-order valence-corrected chi connectivity index (χ4v) is 2.04. The van der Waals surface area contributed by atoms with E-state index in [4.69, 9.17) is 9.84 Å². The van der Waals surface area contributed by atoms with Crippen molar-refractivity contribution >= 4 is 23.7 Å². The number of ether oxygens (including phenoxy) is 1. The molecule has 2 amide bonds. The highest BCUT2D eigenvalue weighted by molar-refractivity contribution is 6.00. The van der Waals surface area contributed by atoms with Crippen molar-refractivity contribution in [1.29, 1.82) is 0 Å². The van der Waals surface area contributed by atoms with Crippen molar-refractivity contribution in [2.75, 3.05) is 5.32 Å². The molecule has 25 heavy (non-hydrogen) atoms. The Morgan fingerprint density at radius 3 is 2.20 bits per heavy atom. The molecular weight excluding hydrogens is 324 g/mol. The van der Waals surface area contributed by atoms with Crippen LogP contribution in [0, 0.1) is 0 Å². The first-order valence-electron chi connectivity index (χ1n) is 7.76. The van der Waals surface area contributed by atoms with Crippen molar-refractivity contribution in [1.82, 2.24) is 5.32 Å². The summed E-state index contributed by atoms with van der Waals surface area (Å²) in [5, 5.41) is 13.7. The van der Waals surface area contributed by atoms with Crippen LogP contribution in [0.15, 0.2) is 36.4 Å². The number of Topliss-reactive ketones (excluding diaryl/α,β-unsaturated/α-hetero) is 1. The first-order valence-corrected chi connectivity index (χ1v) is 7.76. The minimum atomic E-state index is -1.28. The Hall–Kier alpha value is -2.83. The maximum absolute atomic E-state index is 12.0. The van der Waals surface area contributed by atoms with Crippen LogP contribution in [-0.2, 0) is 16.0 Å². The normalized spacial score (nSPS) is 12.0. The molecule has 0 aromatic heterocycles. The molecule has 0 radical (unpaired) electrons. The number of hydrogen-bond acceptors (Lipinski definition) is 4. The average molecular weight is 348 g/mol. The van der Waals surface area contributed by atoms with Gasteiger partial charge in [-0.15, -0.1) is 0 Å². The van der Waals surface area contributed by atoms with Gasteiger partial charge in [0.25, 0.3) is 0 Å². The third-order valence-corrected chi connectivity index (χ3v) is 3.07. The van der Waals surface area contributed by atoms with Gasteiger partial charge in [-0.2, -0.15) is 0 Å². The van der Waals surface area contributed by atoms with Gasteiger partial charge in [-0.25, -0.2) is 9.59 Å². The summed E-state index contributed by atoms with van der Waals surface area (Å²) in [5.41, 5.74) is 0.958. The van der Waals surface area contributed by atoms with Crippen LogP contribution in [-0.4, -0.2) is 34.7 Å². The zero-order chi connectivity index (χ0) is 19.2. The molecule has 0 saturated carbocycles. The average Bonchev–Trinajstić information content (AvgIpc) is 2.45. The van der Waals surface area contributed by atoms with Crippen molar-refractivity contribution in [3.63, 3.8) is 0 Å². The van der Waals surface area contributed by atoms with E-state index in [0.29, 0.717) is 5.69 Å². The number of anilines is 1. The topological polar surface area (TPSA) is 105 Å². The lowest BCUT2D eigenvalue weighted by atomic mass is 9.99. The molecular formula is C18H24N2O5. The fourth-order valence-electron chi connectivity index (χ4n) is 2.04. The van der Waals surface area contributed by atoms with Gasteiger partial charge >= 0.3 is 12.2 Å². The van der Waals surface area contributed by atoms with Gasteiger partial charge in [-0.05, 0) is 51.0 Å². The van der Waals surface area contributed by atoms with Crippen LogP contribution in [0.1, 0.15) is 33.3 Å². The van der Waals surface area contributed by atoms with E-state index in [-0.39, 0.29) is 17.8 Å². The van der Waals surface area contributed by atoms with Gasteiger partial charge in [0.2, 0.25) is 0 Å². The van der Waals surface area contributed by atoms with Crippen molar-refractivity contribution in [2.45, 2.75) is 45.8 Å². The maximum atomic E-state index is 12.0. The van der Waals surface area contributed by atoms with Gasteiger partial charge in [0.05, 0.1) is 6.04 Å². The van der Waals surface area contributed by atoms with Gasteiger partial charge in [-0.3, -0.25) is 10.1 Å². The molecule has 0 heterocycles. The summed E-state index contributed by atoms with van der Waals surface area (Å²) in [6, 6.07) is 5.81. The van der Waals surface area contributed by atoms with Crippen LogP contribution < -0.4 is 10.6 Å². The third-order valence-electron chi connectivity index (χ3n) is 3.07. The first-order chi connectivity index (χ1) is 11.5. The zero-order valence-corrected chi connectivity index (χ0v) is 14.9. The van der Waals surface area contributed by atoms with Crippen LogP contribution in [0.5, 0.6) is 0 Å². The van der Waals surface area contributed by atoms with E-state index in [1.165, 1.54) is 6.92 Å². The third kappa shape index (κ3) is 7.52. The summed E-state index contributed by atoms with van der Waals surface area (Å²) in [7, 11) is 0. The number of ketones is 1. The predicted octanol–water partition coefficient (Wildman–Crippen LogP) is 3.36. The van der Waals surface area contributed by atoms with Crippen LogP contribution >= 0.6 is 0 Å². The lowest BCUT2D eigenvalue weighted by Gasteiger charge is -2.20. The molecule has 7 nitrogen and oxygen atoms in total. The monoisotopic (exact) mass is 348 g/mol. The summed E-state index contributed by atoms with van der Waals surface area (Å²) in [6.07, 6.45) is -1.66. The van der Waals surface area contributed by atoms with E-state index in [2.05, 4.69) is 17.2 Å². The summed E-state index contributed by atoms with van der Waals surface area (Å²) >= 11 is 0. The largest absolute Gasteiger partial charge is 0.465 e. The van der Waals surface area contributed by atoms with Crippen molar-refractivity contribution in [3.05, 3.63) is 42.0 Å². The smallest absolute Gasteiger partial charge is 0.412 e. The second-order valence-electron chi connectivity index (χ2n) is 6.67. The van der Waals surface area contributed by atoms with Gasteiger partial charge < -0.3 is 15.2 Å². The van der Waals surface area contributed by atoms with E-state index in [1.54, 1.807) is 45.0 Å². The van der Waals surface area contributed by atoms with Crippen LogP contribution in [0.2, 0.25) is 0 Å². The quantitative estimate of drug-likeness (QED) is 0.684. The molecule has 1 unspecified atom stereocenters. The molecule has 0 spiro atoms. The fraction of sp³-hybridized carbons (Fsp3) is 0.389. The van der Waals surface area contributed by atoms with Crippen molar-refractivity contribution in [3.8, 4) is 0 Å². The summed E-state index contributed by atoms with van der Waals surface area (Å²) < 4.78 is 5.16. The summed E-state index contributed by atoms with van der Waals surface area (Å²) in [4.78, 5) is 34.6. The molecule has 0 aliphatic rings. The SMILES string of the molecule is C=C(C)C(=O)C(Cc1ccc(NC(=O)OC(C)(C)C)cc1)NC(=O)O. The molecule has 3 N–H and O–H groups in total. The molecule has 7 heteroatoms. The van der Waals surface area contributed by atoms with E-state index < -0.39 is 23.8 Å². The number of carbonyl (C=O) groups excluding carboxylic acids is 2. The second-order valence-corrected chi connectivity index (χ2v) is 6.67. The molecule has 1 rings (SSSR count). The molecule has 136 valence electrons. The lowest BCUT2D eigenvalue weighted by Crippen LogP contribution is -2.41. The Balaban J connectivity index is 2.77. The molecule has 0 saturated heterocycles. The van der Waals surface area contributed by atoms with Crippen molar-refractivity contribution in [2.24, 2.45) is 0 Å². The number of hydrogen-bond donors (Lipinski definition) is 3. The highest BCUT2D eigenvalue weighted by atomic mass is 16.6. The van der Waals surface area contributed by atoms with Crippen LogP contribution in [0.25, 0.3) is 0 Å². The standard InChI is InChI=1S/C18H24N2O5/c1-11(2)15(21)14(20-16(22)23)10-12-6-8-13(9-7-12)19-17(24)25-18(3,4)5/h6-9,14,20H,1,10H2,2-5H3,(H,19,24)(H,22,23). The minimum Gasteiger partial charge on any atom is -0.465 e. The van der Waals surface area contributed by atoms with E-state index in [1.807, 2.05) is 0 Å². The molecule has 0 aliphatic heterocycles. The van der Waals surface area contributed by atoms with Gasteiger partial charge in [0.1, 0.15) is 5.60 Å². The van der Waals surface area contributed by atoms with Gasteiger partial charge in [0.15, 0.2) is 5.78 Å². The first kappa shape index (κ1) is 20.2. The molecule has 0 aliphatic carbocycles. The van der Waals surface area contributed by atoms with Crippen LogP contribution in [0.3, 0.4) is 0 Å². The minimum absolute atomic E-state index is 0.185. The molecule has 0 fully saturated rings. The Labute approximate surface area is 147 Å². The number of carboxylic acid groups (broad SMARTS) is 1. The second kappa shape index (κ2) is 8.32. The van der Waals surface area contributed by atoms with E-state index in [0.717, 1.165) is 5.56 Å². The Kier molecular flexibility index (Phi) is 6.73. The number of nitrogens with one attached hydrogen (secondary N) is 2. The van der Waals surface area contributed by atoms with E-state index >= 15 is 0 Å². The van der Waals surface area contributed by atoms with Crippen molar-refractivity contribution < 1.29 is 24.2 Å². The molecule has 1 aromatic rings. The molecule has 1 atom stereocenters. The highest BCUT2D eigenvalue weighted by Crippen LogP contribution is 2.15. The Bertz CT molecular complexity index is 659. The number of rotatable bonds is 6. The lowest BCUT2D eigenvalue weighted by molar-refractivity contribution is -0.117. The number of benzene rings is 1. The summed E-state index contributed by atoms with van der Waals surface area (Å²) in [5.74, 6) is -0.363.